The third kappa shape index (κ3) is 6.33. The number of nitrogens with one attached hydrogen (secondary N) is 1. The number of hydrogen-bond acceptors (Lipinski definition) is 10. The number of nitriles is 1. The molecule has 1 aliphatic heterocycles. The molecule has 1 fully saturated rings. The van der Waals surface area contributed by atoms with Gasteiger partial charge in [-0.25, -0.2) is 4.52 Å². The van der Waals surface area contributed by atoms with Crippen molar-refractivity contribution in [3.63, 3.8) is 0 Å². The van der Waals surface area contributed by atoms with Crippen LogP contribution in [0.5, 0.6) is 0 Å². The van der Waals surface area contributed by atoms with E-state index in [4.69, 9.17) is 10.00 Å². The summed E-state index contributed by atoms with van der Waals surface area (Å²) in [5.41, 5.74) is 1.38. The second-order valence-corrected chi connectivity index (χ2v) is 9.88. The van der Waals surface area contributed by atoms with E-state index in [1.54, 1.807) is 18.3 Å². The molecule has 2 aromatic heterocycles. The molecule has 1 aromatic carbocycles. The Hall–Kier alpha value is -3.77. The van der Waals surface area contributed by atoms with Gasteiger partial charge in [0.15, 0.2) is 0 Å². The van der Waals surface area contributed by atoms with Gasteiger partial charge in [-0.15, -0.1) is 12.4 Å². The molecule has 1 saturated heterocycles. The van der Waals surface area contributed by atoms with Gasteiger partial charge in [0.2, 0.25) is 0 Å². The van der Waals surface area contributed by atoms with E-state index >= 15 is 0 Å². The summed E-state index contributed by atoms with van der Waals surface area (Å²) in [6.45, 7) is 3.95. The Morgan fingerprint density at radius 2 is 2.08 bits per heavy atom. The molecule has 13 nitrogen and oxygen atoms in total. The zero-order valence-electron chi connectivity index (χ0n) is 19.8. The molecule has 0 atom stereocenters. The summed E-state index contributed by atoms with van der Waals surface area (Å²) in [6.07, 6.45) is 4.42. The zero-order chi connectivity index (χ0) is 25.7. The highest BCUT2D eigenvalue weighted by Gasteiger charge is 2.26. The molecule has 4 rings (SSSR count). The van der Waals surface area contributed by atoms with Crippen molar-refractivity contribution in [3.8, 4) is 6.07 Å². The predicted molar refractivity (Wildman–Crippen MR) is 139 cm³/mol. The first-order valence-corrected chi connectivity index (χ1v) is 12.5. The Morgan fingerprint density at radius 1 is 1.32 bits per heavy atom. The number of nitro benzene ring substituents is 1. The Morgan fingerprint density at radius 3 is 2.78 bits per heavy atom. The number of benzene rings is 1. The van der Waals surface area contributed by atoms with Crippen LogP contribution in [0.4, 0.5) is 11.4 Å². The molecule has 3 aromatic rings. The summed E-state index contributed by atoms with van der Waals surface area (Å²) >= 11 is 0. The van der Waals surface area contributed by atoms with Crippen molar-refractivity contribution in [1.82, 2.24) is 18.9 Å². The molecule has 0 amide bonds. The fraction of sp³-hybridized carbons (Fsp3) is 0.318. The minimum absolute atomic E-state index is 0. The monoisotopic (exact) mass is 548 g/mol. The minimum atomic E-state index is -4.24. The van der Waals surface area contributed by atoms with Gasteiger partial charge < -0.3 is 10.1 Å². The lowest BCUT2D eigenvalue weighted by molar-refractivity contribution is -0.385. The number of nitro groups is 1. The Bertz CT molecular complexity index is 1450. The maximum atomic E-state index is 13.4. The number of aromatic nitrogens is 2. The Balaban J connectivity index is 0.00000380. The quantitative estimate of drug-likeness (QED) is 0.239. The average Bonchev–Trinajstić information content (AvgIpc) is 3.29. The second kappa shape index (κ2) is 12.0. The highest BCUT2D eigenvalue weighted by molar-refractivity contribution is 7.89. The van der Waals surface area contributed by atoms with E-state index in [2.05, 4.69) is 20.4 Å². The van der Waals surface area contributed by atoms with Gasteiger partial charge in [0.05, 0.1) is 53.4 Å². The summed E-state index contributed by atoms with van der Waals surface area (Å²) in [5, 5.41) is 31.8. The van der Waals surface area contributed by atoms with Crippen molar-refractivity contribution in [2.45, 2.75) is 4.90 Å². The topological polar surface area (TPSA) is 158 Å². The summed E-state index contributed by atoms with van der Waals surface area (Å²) < 4.78 is 34.4. The molecule has 3 heterocycles. The van der Waals surface area contributed by atoms with Crippen molar-refractivity contribution in [3.05, 3.63) is 64.0 Å². The largest absolute Gasteiger partial charge is 0.383 e. The predicted octanol–water partition coefficient (Wildman–Crippen LogP) is 1.93. The standard InChI is InChI=1S/C22H24N8O5S.ClH/c1-27(25-15-18-16-26-29-6-4-17(14-23)12-21(18)29)36(33,34)22-13-19(30(31)32)2-3-20(22)24-5-7-28-8-10-35-11-9-28;/h2-4,6,12-13,15-16,24H,5,7-11H2,1H3;1H/b25-15-;. The summed E-state index contributed by atoms with van der Waals surface area (Å²) in [7, 11) is -3.00. The number of rotatable bonds is 9. The molecule has 0 saturated carbocycles. The fourth-order valence-corrected chi connectivity index (χ4v) is 4.82. The lowest BCUT2D eigenvalue weighted by Gasteiger charge is -2.26. The molecular weight excluding hydrogens is 524 g/mol. The van der Waals surface area contributed by atoms with E-state index in [1.807, 2.05) is 6.07 Å². The molecule has 0 spiro atoms. The lowest BCUT2D eigenvalue weighted by Crippen LogP contribution is -2.39. The van der Waals surface area contributed by atoms with E-state index in [0.717, 1.165) is 23.6 Å². The number of morpholine rings is 1. The third-order valence-corrected chi connectivity index (χ3v) is 7.37. The van der Waals surface area contributed by atoms with E-state index in [9.17, 15) is 18.5 Å². The summed E-state index contributed by atoms with van der Waals surface area (Å²) in [4.78, 5) is 12.6. The number of pyridine rings is 1. The van der Waals surface area contributed by atoms with Gasteiger partial charge in [-0.1, -0.05) is 0 Å². The van der Waals surface area contributed by atoms with E-state index in [0.29, 0.717) is 42.9 Å². The average molecular weight is 549 g/mol. The van der Waals surface area contributed by atoms with Crippen molar-refractivity contribution >= 4 is 45.5 Å². The molecule has 196 valence electrons. The van der Waals surface area contributed by atoms with Gasteiger partial charge in [-0.3, -0.25) is 15.0 Å². The van der Waals surface area contributed by atoms with Crippen LogP contribution in [0.15, 0.2) is 52.7 Å². The number of hydrazone groups is 1. The van der Waals surface area contributed by atoms with Crippen molar-refractivity contribution in [1.29, 1.82) is 5.26 Å². The first kappa shape index (κ1) is 27.8. The van der Waals surface area contributed by atoms with Crippen LogP contribution in [0.3, 0.4) is 0 Å². The molecule has 1 N–H and O–H groups in total. The van der Waals surface area contributed by atoms with Gasteiger partial charge >= 0.3 is 0 Å². The molecule has 0 radical (unpaired) electrons. The van der Waals surface area contributed by atoms with Crippen LogP contribution in [-0.2, 0) is 14.8 Å². The molecule has 0 unspecified atom stereocenters. The van der Waals surface area contributed by atoms with Gasteiger partial charge in [-0.05, 0) is 18.2 Å². The van der Waals surface area contributed by atoms with Gasteiger partial charge in [0.1, 0.15) is 4.90 Å². The zero-order valence-corrected chi connectivity index (χ0v) is 21.5. The van der Waals surface area contributed by atoms with Crippen LogP contribution in [0, 0.1) is 21.4 Å². The molecule has 37 heavy (non-hydrogen) atoms. The van der Waals surface area contributed by atoms with Crippen molar-refractivity contribution < 1.29 is 18.1 Å². The summed E-state index contributed by atoms with van der Waals surface area (Å²) in [6, 6.07) is 8.92. The smallest absolute Gasteiger partial charge is 0.281 e. The van der Waals surface area contributed by atoms with Crippen molar-refractivity contribution in [2.75, 3.05) is 51.8 Å². The number of non-ortho nitro benzene ring substituents is 1. The SMILES string of the molecule is CN(/N=C\c1cnn2ccc(C#N)cc12)S(=O)(=O)c1cc([N+](=O)[O-])ccc1NCCN1CCOCC1.Cl. The highest BCUT2D eigenvalue weighted by atomic mass is 35.5. The number of hydrogen-bond donors (Lipinski definition) is 1. The number of anilines is 1. The van der Waals surface area contributed by atoms with Crippen LogP contribution in [-0.4, -0.2) is 84.9 Å². The first-order valence-electron chi connectivity index (χ1n) is 11.0. The Labute approximate surface area is 219 Å². The number of halogens is 1. The van der Waals surface area contributed by atoms with Crippen LogP contribution >= 0.6 is 12.4 Å². The number of nitrogens with zero attached hydrogens (tertiary/aromatic N) is 7. The van der Waals surface area contributed by atoms with Gasteiger partial charge in [0, 0.05) is 57.1 Å². The van der Waals surface area contributed by atoms with Crippen LogP contribution in [0.1, 0.15) is 11.1 Å². The normalized spacial score (nSPS) is 14.3. The minimum Gasteiger partial charge on any atom is -0.383 e. The van der Waals surface area contributed by atoms with Gasteiger partial charge in [-0.2, -0.15) is 28.3 Å². The maximum Gasteiger partial charge on any atom is 0.281 e. The van der Waals surface area contributed by atoms with Crippen LogP contribution in [0.25, 0.3) is 5.52 Å². The number of ether oxygens (including phenoxy) is 1. The van der Waals surface area contributed by atoms with Gasteiger partial charge in [0.25, 0.3) is 15.7 Å². The second-order valence-electron chi connectivity index (χ2n) is 7.96. The van der Waals surface area contributed by atoms with Crippen LogP contribution < -0.4 is 5.32 Å². The number of fused-ring (bicyclic) bond motifs is 1. The van der Waals surface area contributed by atoms with Crippen LogP contribution in [0.2, 0.25) is 0 Å². The van der Waals surface area contributed by atoms with E-state index in [-0.39, 0.29) is 28.7 Å². The maximum absolute atomic E-state index is 13.4. The summed E-state index contributed by atoms with van der Waals surface area (Å²) in [5.74, 6) is 0. The molecular formula is C22H25ClN8O5S. The number of sulfonamides is 1. The lowest BCUT2D eigenvalue weighted by atomic mass is 10.2. The Kier molecular flexibility index (Phi) is 9.00. The molecule has 1 aliphatic rings. The van der Waals surface area contributed by atoms with E-state index < -0.39 is 14.9 Å². The van der Waals surface area contributed by atoms with Crippen molar-refractivity contribution in [2.24, 2.45) is 5.10 Å². The highest BCUT2D eigenvalue weighted by Crippen LogP contribution is 2.29. The first-order chi connectivity index (χ1) is 17.3. The molecule has 15 heteroatoms. The molecule has 0 aliphatic carbocycles. The van der Waals surface area contributed by atoms with E-state index in [1.165, 1.54) is 36.1 Å². The fourth-order valence-electron chi connectivity index (χ4n) is 3.67. The third-order valence-electron chi connectivity index (χ3n) is 5.69. The molecule has 0 bridgehead atoms.